The molecule has 1 N–H and O–H groups in total. The number of non-ortho nitro benzene ring substituents is 1. The van der Waals surface area contributed by atoms with Crippen molar-refractivity contribution in [2.45, 2.75) is 26.1 Å². The standard InChI is InChI=1S/C20H23BrN6O6/c1-5-25(6-2)17-9-15(22-12(3)28)16(10-19(17)33-4)23-24-20-13(11-21)7-14(26(29)30)8-18(20)27(31)32/h7-10H,5-6,11H2,1-4H3,(H,22,28). The van der Waals surface area contributed by atoms with Gasteiger partial charge in [-0.3, -0.25) is 25.0 Å². The third-order valence-electron chi connectivity index (χ3n) is 4.67. The number of nitro benzene ring substituents is 2. The maximum Gasteiger partial charge on any atom is 0.303 e. The topological polar surface area (TPSA) is 153 Å². The molecule has 0 aliphatic rings. The molecule has 33 heavy (non-hydrogen) atoms. The molecule has 0 heterocycles. The first-order valence-corrected chi connectivity index (χ1v) is 11.0. The monoisotopic (exact) mass is 522 g/mol. The summed E-state index contributed by atoms with van der Waals surface area (Å²) in [6.07, 6.45) is 0. The fourth-order valence-electron chi connectivity index (χ4n) is 3.13. The minimum absolute atomic E-state index is 0.0760. The highest BCUT2D eigenvalue weighted by Gasteiger charge is 2.24. The first-order chi connectivity index (χ1) is 15.7. The molecule has 0 bridgehead atoms. The Hall–Kier alpha value is -3.61. The fraction of sp³-hybridized carbons (Fsp3) is 0.350. The number of halogens is 1. The molecule has 176 valence electrons. The average Bonchev–Trinajstić information content (AvgIpc) is 2.78. The molecule has 0 atom stereocenters. The summed E-state index contributed by atoms with van der Waals surface area (Å²) in [6.45, 7) is 6.67. The molecule has 2 aromatic carbocycles. The zero-order chi connectivity index (χ0) is 24.7. The van der Waals surface area contributed by atoms with Crippen LogP contribution < -0.4 is 15.0 Å². The summed E-state index contributed by atoms with van der Waals surface area (Å²) >= 11 is 3.18. The molecule has 0 radical (unpaired) electrons. The lowest BCUT2D eigenvalue weighted by molar-refractivity contribution is -0.393. The number of azo groups is 1. The van der Waals surface area contributed by atoms with Gasteiger partial charge in [-0.05, 0) is 19.9 Å². The Morgan fingerprint density at radius 1 is 1.12 bits per heavy atom. The van der Waals surface area contributed by atoms with Crippen LogP contribution in [0.4, 0.5) is 34.1 Å². The molecule has 0 aliphatic heterocycles. The van der Waals surface area contributed by atoms with Crippen LogP contribution in [0.1, 0.15) is 26.3 Å². The number of nitrogens with one attached hydrogen (secondary N) is 1. The van der Waals surface area contributed by atoms with E-state index in [0.29, 0.717) is 24.5 Å². The van der Waals surface area contributed by atoms with E-state index in [1.165, 1.54) is 20.1 Å². The summed E-state index contributed by atoms with van der Waals surface area (Å²) in [5.74, 6) is 0.130. The zero-order valence-electron chi connectivity index (χ0n) is 18.5. The van der Waals surface area contributed by atoms with Crippen LogP contribution >= 0.6 is 15.9 Å². The Kier molecular flexibility index (Phi) is 8.79. The van der Waals surface area contributed by atoms with Crippen LogP contribution in [0.5, 0.6) is 5.75 Å². The van der Waals surface area contributed by atoms with E-state index in [1.54, 1.807) is 12.1 Å². The Labute approximate surface area is 198 Å². The summed E-state index contributed by atoms with van der Waals surface area (Å²) in [6, 6.07) is 5.28. The number of rotatable bonds is 10. The first kappa shape index (κ1) is 25.6. The summed E-state index contributed by atoms with van der Waals surface area (Å²) in [5.41, 5.74) is 0.350. The number of amides is 1. The molecule has 0 saturated carbocycles. The zero-order valence-corrected chi connectivity index (χ0v) is 20.1. The van der Waals surface area contributed by atoms with Gasteiger partial charge in [0.05, 0.1) is 34.4 Å². The molecule has 13 heteroatoms. The second-order valence-electron chi connectivity index (χ2n) is 6.72. The highest BCUT2D eigenvalue weighted by molar-refractivity contribution is 9.08. The van der Waals surface area contributed by atoms with Gasteiger partial charge >= 0.3 is 5.69 Å². The van der Waals surface area contributed by atoms with Crippen molar-refractivity contribution in [1.82, 2.24) is 0 Å². The van der Waals surface area contributed by atoms with Crippen LogP contribution in [0.2, 0.25) is 0 Å². The molecule has 2 aromatic rings. The summed E-state index contributed by atoms with van der Waals surface area (Å²) in [4.78, 5) is 35.0. The number of hydrogen-bond acceptors (Lipinski definition) is 9. The number of anilines is 2. The average molecular weight is 523 g/mol. The number of carbonyl (C=O) groups is 1. The van der Waals surface area contributed by atoms with E-state index < -0.39 is 21.2 Å². The van der Waals surface area contributed by atoms with Gasteiger partial charge < -0.3 is 15.0 Å². The number of nitro groups is 2. The van der Waals surface area contributed by atoms with Crippen LogP contribution in [0, 0.1) is 20.2 Å². The van der Waals surface area contributed by atoms with Gasteiger partial charge in [-0.15, -0.1) is 10.2 Å². The lowest BCUT2D eigenvalue weighted by atomic mass is 10.1. The number of nitrogens with zero attached hydrogens (tertiary/aromatic N) is 5. The molecule has 0 saturated heterocycles. The van der Waals surface area contributed by atoms with Crippen LogP contribution in [0.15, 0.2) is 34.5 Å². The van der Waals surface area contributed by atoms with E-state index in [4.69, 9.17) is 4.74 Å². The Morgan fingerprint density at radius 2 is 1.79 bits per heavy atom. The molecule has 2 rings (SSSR count). The summed E-state index contributed by atoms with van der Waals surface area (Å²) < 4.78 is 5.48. The second-order valence-corrected chi connectivity index (χ2v) is 7.28. The first-order valence-electron chi connectivity index (χ1n) is 9.84. The van der Waals surface area contributed by atoms with Gasteiger partial charge in [-0.1, -0.05) is 15.9 Å². The van der Waals surface area contributed by atoms with Gasteiger partial charge in [0.15, 0.2) is 5.69 Å². The van der Waals surface area contributed by atoms with E-state index in [0.717, 1.165) is 11.8 Å². The number of benzene rings is 2. The molecule has 0 aromatic heterocycles. The van der Waals surface area contributed by atoms with E-state index >= 15 is 0 Å². The van der Waals surface area contributed by atoms with Gasteiger partial charge in [0, 0.05) is 43.0 Å². The van der Waals surface area contributed by atoms with Crippen molar-refractivity contribution in [2.24, 2.45) is 10.2 Å². The van der Waals surface area contributed by atoms with Crippen molar-refractivity contribution in [2.75, 3.05) is 30.4 Å². The molecular formula is C20H23BrN6O6. The maximum absolute atomic E-state index is 11.8. The molecule has 0 aliphatic carbocycles. The van der Waals surface area contributed by atoms with Crippen LogP contribution in [0.3, 0.4) is 0 Å². The van der Waals surface area contributed by atoms with E-state index in [2.05, 4.69) is 31.5 Å². The van der Waals surface area contributed by atoms with Gasteiger partial charge in [0.2, 0.25) is 5.91 Å². The molecule has 0 spiro atoms. The smallest absolute Gasteiger partial charge is 0.303 e. The van der Waals surface area contributed by atoms with Crippen LogP contribution in [0.25, 0.3) is 0 Å². The van der Waals surface area contributed by atoms with Gasteiger partial charge in [0.25, 0.3) is 5.69 Å². The number of methoxy groups -OCH3 is 1. The van der Waals surface area contributed by atoms with Crippen molar-refractivity contribution in [1.29, 1.82) is 0 Å². The highest BCUT2D eigenvalue weighted by Crippen LogP contribution is 2.42. The quantitative estimate of drug-likeness (QED) is 0.183. The SMILES string of the molecule is CCN(CC)c1cc(NC(C)=O)c(N=Nc2c(CBr)cc([N+](=O)[O-])cc2[N+](=O)[O-])cc1OC. The van der Waals surface area contributed by atoms with Crippen molar-refractivity contribution in [3.63, 3.8) is 0 Å². The Balaban J connectivity index is 2.71. The molecule has 1 amide bonds. The number of carbonyl (C=O) groups excluding carboxylic acids is 1. The molecule has 0 fully saturated rings. The van der Waals surface area contributed by atoms with Crippen LogP contribution in [-0.4, -0.2) is 36.0 Å². The predicted molar refractivity (Wildman–Crippen MR) is 127 cm³/mol. The number of ether oxygens (including phenoxy) is 1. The number of hydrogen-bond donors (Lipinski definition) is 1. The fourth-order valence-corrected chi connectivity index (χ4v) is 3.56. The van der Waals surface area contributed by atoms with E-state index in [1.807, 2.05) is 18.7 Å². The van der Waals surface area contributed by atoms with Crippen molar-refractivity contribution in [3.8, 4) is 5.75 Å². The maximum atomic E-state index is 11.8. The minimum atomic E-state index is -0.758. The van der Waals surface area contributed by atoms with Gasteiger partial charge in [0.1, 0.15) is 11.4 Å². The second kappa shape index (κ2) is 11.3. The normalized spacial score (nSPS) is 10.8. The van der Waals surface area contributed by atoms with Gasteiger partial charge in [-0.25, -0.2) is 0 Å². The predicted octanol–water partition coefficient (Wildman–Crippen LogP) is 5.63. The summed E-state index contributed by atoms with van der Waals surface area (Å²) in [7, 11) is 1.49. The molecule has 0 unspecified atom stereocenters. The minimum Gasteiger partial charge on any atom is -0.494 e. The van der Waals surface area contributed by atoms with Crippen LogP contribution in [-0.2, 0) is 10.1 Å². The third-order valence-corrected chi connectivity index (χ3v) is 5.28. The lowest BCUT2D eigenvalue weighted by Crippen LogP contribution is -2.22. The highest BCUT2D eigenvalue weighted by atomic mass is 79.9. The molecule has 12 nitrogen and oxygen atoms in total. The van der Waals surface area contributed by atoms with Crippen molar-refractivity contribution in [3.05, 3.63) is 50.1 Å². The largest absolute Gasteiger partial charge is 0.494 e. The van der Waals surface area contributed by atoms with E-state index in [-0.39, 0.29) is 28.2 Å². The molecular weight excluding hydrogens is 500 g/mol. The third kappa shape index (κ3) is 6.00. The van der Waals surface area contributed by atoms with Gasteiger partial charge in [-0.2, -0.15) is 0 Å². The van der Waals surface area contributed by atoms with Crippen molar-refractivity contribution < 1.29 is 19.4 Å². The number of alkyl halides is 1. The lowest BCUT2D eigenvalue weighted by Gasteiger charge is -2.24. The van der Waals surface area contributed by atoms with Crippen molar-refractivity contribution >= 4 is 56.0 Å². The summed E-state index contributed by atoms with van der Waals surface area (Å²) in [5, 5.41) is 33.6. The Morgan fingerprint density at radius 3 is 2.27 bits per heavy atom. The van der Waals surface area contributed by atoms with E-state index in [9.17, 15) is 25.0 Å². The Bertz CT molecular complexity index is 1100.